The van der Waals surface area contributed by atoms with Crippen LogP contribution < -0.4 is 9.47 Å². The van der Waals surface area contributed by atoms with Crippen molar-refractivity contribution in [2.75, 3.05) is 33.5 Å². The van der Waals surface area contributed by atoms with Gasteiger partial charge in [-0.25, -0.2) is 14.4 Å². The van der Waals surface area contributed by atoms with Crippen molar-refractivity contribution in [3.63, 3.8) is 0 Å². The summed E-state index contributed by atoms with van der Waals surface area (Å²) in [6.07, 6.45) is 12.9. The van der Waals surface area contributed by atoms with Crippen molar-refractivity contribution >= 4 is 57.1 Å². The Morgan fingerprint density at radius 1 is 0.556 bits per heavy atom. The molecule has 2 atom stereocenters. The molecule has 0 spiro atoms. The zero-order valence-electron chi connectivity index (χ0n) is 36.3. The fourth-order valence-corrected chi connectivity index (χ4v) is 7.46. The van der Waals surface area contributed by atoms with Gasteiger partial charge in [-0.05, 0) is 96.1 Å². The van der Waals surface area contributed by atoms with Gasteiger partial charge in [0.05, 0.1) is 37.9 Å². The highest BCUT2D eigenvalue weighted by atomic mass is 16.6. The number of carbonyl (C=O) groups is 6. The van der Waals surface area contributed by atoms with Crippen LogP contribution in [0.4, 0.5) is 0 Å². The monoisotopic (exact) mass is 861 g/mol. The molecule has 1 heterocycles. The van der Waals surface area contributed by atoms with Crippen molar-refractivity contribution in [2.45, 2.75) is 96.0 Å². The number of nitrogens with zero attached hydrogens (tertiary/aromatic N) is 1. The van der Waals surface area contributed by atoms with E-state index in [0.717, 1.165) is 115 Å². The topological polar surface area (TPSA) is 152 Å². The van der Waals surface area contributed by atoms with Gasteiger partial charge in [0.2, 0.25) is 5.91 Å². The lowest BCUT2D eigenvalue weighted by Gasteiger charge is -2.16. The number of carbonyl (C=O) groups excluding carboxylic acids is 6. The van der Waals surface area contributed by atoms with Gasteiger partial charge < -0.3 is 23.7 Å². The van der Waals surface area contributed by atoms with Crippen LogP contribution in [0, 0.1) is 5.92 Å². The number of likely N-dealkylation sites (tertiary alicyclic amines) is 1. The fraction of sp³-hybridized carbons (Fsp3) is 0.412. The molecule has 0 unspecified atom stereocenters. The van der Waals surface area contributed by atoms with E-state index in [2.05, 4.69) is 13.2 Å². The largest absolute Gasteiger partial charge is 0.494 e. The minimum Gasteiger partial charge on any atom is -0.494 e. The minimum atomic E-state index is -1.34. The average molecular weight is 862 g/mol. The van der Waals surface area contributed by atoms with Crippen LogP contribution in [0.25, 0.3) is 21.5 Å². The normalized spacial score (nSPS) is 14.7. The maximum Gasteiger partial charge on any atom is 0.338 e. The van der Waals surface area contributed by atoms with E-state index in [9.17, 15) is 28.8 Å². The number of ether oxygens (including phenoxy) is 5. The third kappa shape index (κ3) is 14.7. The molecule has 0 bridgehead atoms. The molecule has 12 heteroatoms. The molecular weight excluding hydrogens is 803 g/mol. The number of imide groups is 1. The van der Waals surface area contributed by atoms with Gasteiger partial charge in [-0.2, -0.15) is 0 Å². The van der Waals surface area contributed by atoms with E-state index in [4.69, 9.17) is 23.7 Å². The van der Waals surface area contributed by atoms with Gasteiger partial charge in [0.25, 0.3) is 5.91 Å². The van der Waals surface area contributed by atoms with Crippen molar-refractivity contribution in [1.29, 1.82) is 0 Å². The molecule has 4 aromatic rings. The first kappa shape index (κ1) is 47.7. The van der Waals surface area contributed by atoms with Crippen molar-refractivity contribution < 1.29 is 52.5 Å². The number of likely N-dealkylation sites (N-methyl/N-ethyl adjacent to an activating group) is 1. The SMILES string of the molecule is C=CC(=O)OCCCCCCCCOc1ccc2cc(C(=O)CC[C@H]3C(=O)N(C)C(=O)[C@@H]3OC(=O)c3ccc4cc(OCCCCCCCCOC(=O)C=C)ccc4c3)ccc2c1. The van der Waals surface area contributed by atoms with Gasteiger partial charge in [0, 0.05) is 31.2 Å². The van der Waals surface area contributed by atoms with Crippen molar-refractivity contribution in [2.24, 2.45) is 5.92 Å². The Labute approximate surface area is 369 Å². The second-order valence-corrected chi connectivity index (χ2v) is 15.8. The number of rotatable bonds is 28. The van der Waals surface area contributed by atoms with Gasteiger partial charge >= 0.3 is 17.9 Å². The summed E-state index contributed by atoms with van der Waals surface area (Å²) in [5, 5.41) is 3.44. The molecule has 2 amide bonds. The Morgan fingerprint density at radius 2 is 0.984 bits per heavy atom. The molecular formula is C51H59NO11. The van der Waals surface area contributed by atoms with E-state index in [1.165, 1.54) is 19.2 Å². The lowest BCUT2D eigenvalue weighted by atomic mass is 9.94. The molecule has 0 radical (unpaired) electrons. The molecule has 334 valence electrons. The van der Waals surface area contributed by atoms with Crippen molar-refractivity contribution in [3.8, 4) is 11.5 Å². The number of ketones is 1. The fourth-order valence-electron chi connectivity index (χ4n) is 7.46. The smallest absolute Gasteiger partial charge is 0.338 e. The lowest BCUT2D eigenvalue weighted by Crippen LogP contribution is -2.32. The maximum atomic E-state index is 13.4. The summed E-state index contributed by atoms with van der Waals surface area (Å²) in [6, 6.07) is 21.8. The van der Waals surface area contributed by atoms with E-state index >= 15 is 0 Å². The summed E-state index contributed by atoms with van der Waals surface area (Å²) in [5.41, 5.74) is 0.714. The van der Waals surface area contributed by atoms with Crippen LogP contribution in [-0.4, -0.2) is 80.0 Å². The van der Waals surface area contributed by atoms with E-state index in [1.54, 1.807) is 30.3 Å². The first-order valence-corrected chi connectivity index (χ1v) is 22.0. The van der Waals surface area contributed by atoms with Crippen LogP contribution in [-0.2, 0) is 33.4 Å². The van der Waals surface area contributed by atoms with E-state index in [-0.39, 0.29) is 36.1 Å². The Balaban J connectivity index is 1.05. The highest BCUT2D eigenvalue weighted by Gasteiger charge is 2.48. The standard InChI is InChI=1S/C51H59NO11/c1-4-46(54)61-30-16-12-8-6-10-14-28-59-42-24-22-36-32-40(20-18-38(36)34-42)45(53)27-26-44-48(50(57)52(3)49(44)56)63-51(58)41-21-19-39-35-43(25-23-37(39)33-41)60-29-15-11-7-9-13-17-31-62-47(55)5-2/h4-5,18-25,32-35,44,48H,1-2,6-17,26-31H2,3H3/t44-,48-/m1/s1. The van der Waals surface area contributed by atoms with Crippen LogP contribution in [0.2, 0.25) is 0 Å². The number of amides is 2. The van der Waals surface area contributed by atoms with E-state index < -0.39 is 29.8 Å². The predicted octanol–water partition coefficient (Wildman–Crippen LogP) is 9.69. The molecule has 4 aromatic carbocycles. The molecule has 1 saturated heterocycles. The second-order valence-electron chi connectivity index (χ2n) is 15.8. The highest BCUT2D eigenvalue weighted by Crippen LogP contribution is 2.30. The molecule has 0 aromatic heterocycles. The van der Waals surface area contributed by atoms with Crippen LogP contribution in [0.5, 0.6) is 11.5 Å². The Morgan fingerprint density at radius 3 is 1.49 bits per heavy atom. The Hall–Kier alpha value is -6.30. The van der Waals surface area contributed by atoms with Crippen LogP contribution >= 0.6 is 0 Å². The molecule has 63 heavy (non-hydrogen) atoms. The second kappa shape index (κ2) is 25.0. The summed E-state index contributed by atoms with van der Waals surface area (Å²) in [4.78, 5) is 76.2. The summed E-state index contributed by atoms with van der Waals surface area (Å²) in [7, 11) is 1.36. The average Bonchev–Trinajstić information content (AvgIpc) is 3.50. The zero-order chi connectivity index (χ0) is 45.0. The summed E-state index contributed by atoms with van der Waals surface area (Å²) >= 11 is 0. The molecule has 1 aliphatic rings. The molecule has 1 fully saturated rings. The molecule has 1 aliphatic heterocycles. The number of benzene rings is 4. The third-order valence-electron chi connectivity index (χ3n) is 11.1. The summed E-state index contributed by atoms with van der Waals surface area (Å²) in [6.45, 7) is 8.78. The molecule has 0 N–H and O–H groups in total. The van der Waals surface area contributed by atoms with Gasteiger partial charge in [-0.15, -0.1) is 0 Å². The van der Waals surface area contributed by atoms with Crippen LogP contribution in [0.3, 0.4) is 0 Å². The Bertz CT molecular complexity index is 2250. The minimum absolute atomic E-state index is 0.0159. The maximum absolute atomic E-state index is 13.4. The van der Waals surface area contributed by atoms with Crippen molar-refractivity contribution in [1.82, 2.24) is 4.90 Å². The number of esters is 3. The molecule has 0 aliphatic carbocycles. The predicted molar refractivity (Wildman–Crippen MR) is 241 cm³/mol. The van der Waals surface area contributed by atoms with E-state index in [0.29, 0.717) is 32.0 Å². The molecule has 0 saturated carbocycles. The third-order valence-corrected chi connectivity index (χ3v) is 11.1. The highest BCUT2D eigenvalue weighted by molar-refractivity contribution is 6.08. The molecule has 12 nitrogen and oxygen atoms in total. The number of hydrogen-bond donors (Lipinski definition) is 0. The summed E-state index contributed by atoms with van der Waals surface area (Å²) in [5.74, 6) is -2.33. The van der Waals surface area contributed by atoms with E-state index in [1.807, 2.05) is 42.5 Å². The number of Topliss-reactive ketones (excluding diaryl/α,β-unsaturated/α-hetero) is 1. The summed E-state index contributed by atoms with van der Waals surface area (Å²) < 4.78 is 27.6. The van der Waals surface area contributed by atoms with Crippen LogP contribution in [0.15, 0.2) is 98.1 Å². The quantitative estimate of drug-likeness (QED) is 0.0134. The van der Waals surface area contributed by atoms with Gasteiger partial charge in [0.1, 0.15) is 11.5 Å². The number of hydrogen-bond acceptors (Lipinski definition) is 11. The number of unbranched alkanes of at least 4 members (excludes halogenated alkanes) is 10. The van der Waals surface area contributed by atoms with Crippen molar-refractivity contribution in [3.05, 3.63) is 109 Å². The zero-order valence-corrected chi connectivity index (χ0v) is 36.3. The lowest BCUT2D eigenvalue weighted by molar-refractivity contribution is -0.140. The van der Waals surface area contributed by atoms with Crippen LogP contribution in [0.1, 0.15) is 111 Å². The molecule has 5 rings (SSSR count). The van der Waals surface area contributed by atoms with Gasteiger partial charge in [-0.3, -0.25) is 19.3 Å². The first-order valence-electron chi connectivity index (χ1n) is 22.0. The number of fused-ring (bicyclic) bond motifs is 2. The Kier molecular flexibility index (Phi) is 18.9. The van der Waals surface area contributed by atoms with Gasteiger partial charge in [-0.1, -0.05) is 94.9 Å². The van der Waals surface area contributed by atoms with Gasteiger partial charge in [0.15, 0.2) is 11.9 Å². The first-order chi connectivity index (χ1) is 30.6.